The minimum absolute atomic E-state index is 0.0316. The minimum Gasteiger partial charge on any atom is -0.480 e. The van der Waals surface area contributed by atoms with Gasteiger partial charge in [0.15, 0.2) is 6.04 Å². The Morgan fingerprint density at radius 1 is 1.11 bits per heavy atom. The van der Waals surface area contributed by atoms with Gasteiger partial charge in [-0.25, -0.2) is 9.59 Å². The first-order valence-electron chi connectivity index (χ1n) is 8.47. The van der Waals surface area contributed by atoms with E-state index in [0.29, 0.717) is 0 Å². The molecule has 0 aliphatic heterocycles. The van der Waals surface area contributed by atoms with Gasteiger partial charge in [-0.1, -0.05) is 54.5 Å². The van der Waals surface area contributed by atoms with Crippen LogP contribution in [-0.4, -0.2) is 43.0 Å². The number of alkyl carbamates (subject to hydrolysis) is 1. The molecule has 2 aromatic carbocycles. The maximum absolute atomic E-state index is 12.1. The van der Waals surface area contributed by atoms with Crippen LogP contribution in [-0.2, 0) is 14.3 Å². The SMILES string of the molecule is C#CCOC[C@H](NC(=O)OCC1c2ccccc2-c2ccccc21)C(=O)O. The van der Waals surface area contributed by atoms with Crippen LogP contribution in [0.15, 0.2) is 48.5 Å². The number of amides is 1. The van der Waals surface area contributed by atoms with Crippen LogP contribution in [0, 0.1) is 12.3 Å². The summed E-state index contributed by atoms with van der Waals surface area (Å²) in [6.07, 6.45) is 4.24. The Morgan fingerprint density at radius 2 is 1.70 bits per heavy atom. The predicted octanol–water partition coefficient (Wildman–Crippen LogP) is 2.63. The van der Waals surface area contributed by atoms with E-state index in [0.717, 1.165) is 22.3 Å². The van der Waals surface area contributed by atoms with E-state index in [-0.39, 0.29) is 25.7 Å². The highest BCUT2D eigenvalue weighted by Crippen LogP contribution is 2.44. The molecular weight excluding hydrogens is 346 g/mol. The van der Waals surface area contributed by atoms with Crippen molar-refractivity contribution in [2.45, 2.75) is 12.0 Å². The Kier molecular flexibility index (Phi) is 5.74. The summed E-state index contributed by atoms with van der Waals surface area (Å²) in [4.78, 5) is 23.3. The summed E-state index contributed by atoms with van der Waals surface area (Å²) in [5, 5.41) is 11.5. The zero-order valence-electron chi connectivity index (χ0n) is 14.6. The molecule has 0 spiro atoms. The molecule has 138 valence electrons. The van der Waals surface area contributed by atoms with E-state index in [2.05, 4.69) is 11.2 Å². The minimum atomic E-state index is -1.23. The van der Waals surface area contributed by atoms with Crippen molar-refractivity contribution in [2.24, 2.45) is 0 Å². The number of hydrogen-bond donors (Lipinski definition) is 2. The largest absolute Gasteiger partial charge is 0.480 e. The second-order valence-corrected chi connectivity index (χ2v) is 6.08. The number of ether oxygens (including phenoxy) is 2. The highest BCUT2D eigenvalue weighted by molar-refractivity contribution is 5.81. The van der Waals surface area contributed by atoms with Crippen LogP contribution >= 0.6 is 0 Å². The zero-order valence-corrected chi connectivity index (χ0v) is 14.6. The van der Waals surface area contributed by atoms with Crippen molar-refractivity contribution in [1.82, 2.24) is 5.32 Å². The van der Waals surface area contributed by atoms with Crippen LogP contribution in [0.5, 0.6) is 0 Å². The molecule has 0 saturated heterocycles. The number of carbonyl (C=O) groups excluding carboxylic acids is 1. The zero-order chi connectivity index (χ0) is 19.2. The van der Waals surface area contributed by atoms with Gasteiger partial charge in [0.05, 0.1) is 6.61 Å². The third-order valence-corrected chi connectivity index (χ3v) is 4.40. The number of aliphatic carboxylic acids is 1. The van der Waals surface area contributed by atoms with E-state index in [9.17, 15) is 9.59 Å². The molecule has 0 fully saturated rings. The number of terminal acetylenes is 1. The van der Waals surface area contributed by atoms with Crippen molar-refractivity contribution in [3.05, 3.63) is 59.7 Å². The van der Waals surface area contributed by atoms with Crippen molar-refractivity contribution in [1.29, 1.82) is 0 Å². The van der Waals surface area contributed by atoms with Crippen LogP contribution in [0.3, 0.4) is 0 Å². The monoisotopic (exact) mass is 365 g/mol. The van der Waals surface area contributed by atoms with Crippen LogP contribution in [0.1, 0.15) is 17.0 Å². The Labute approximate surface area is 157 Å². The van der Waals surface area contributed by atoms with Gasteiger partial charge in [-0.2, -0.15) is 0 Å². The molecule has 1 amide bonds. The highest BCUT2D eigenvalue weighted by Gasteiger charge is 2.29. The molecule has 0 saturated carbocycles. The van der Waals surface area contributed by atoms with Gasteiger partial charge in [-0.15, -0.1) is 6.42 Å². The molecule has 0 aromatic heterocycles. The highest BCUT2D eigenvalue weighted by atomic mass is 16.5. The summed E-state index contributed by atoms with van der Waals surface area (Å²) in [6, 6.07) is 14.7. The van der Waals surface area contributed by atoms with E-state index in [4.69, 9.17) is 21.0 Å². The second kappa shape index (κ2) is 8.39. The molecule has 6 nitrogen and oxygen atoms in total. The first-order chi connectivity index (χ1) is 13.1. The number of benzene rings is 2. The van der Waals surface area contributed by atoms with Gasteiger partial charge < -0.3 is 19.9 Å². The van der Waals surface area contributed by atoms with Crippen LogP contribution < -0.4 is 5.32 Å². The Morgan fingerprint density at radius 3 is 2.26 bits per heavy atom. The van der Waals surface area contributed by atoms with E-state index in [1.165, 1.54) is 0 Å². The molecule has 2 N–H and O–H groups in total. The molecule has 0 bridgehead atoms. The van der Waals surface area contributed by atoms with Gasteiger partial charge in [-0.3, -0.25) is 0 Å². The molecule has 0 radical (unpaired) electrons. The summed E-state index contributed by atoms with van der Waals surface area (Å²) in [5.74, 6) is 0.922. The number of carboxylic acids is 1. The molecule has 27 heavy (non-hydrogen) atoms. The van der Waals surface area contributed by atoms with E-state index in [1.54, 1.807) is 0 Å². The van der Waals surface area contributed by atoms with Crippen molar-refractivity contribution in [2.75, 3.05) is 19.8 Å². The standard InChI is InChI=1S/C21H19NO5/c1-2-11-26-13-19(20(23)24)22-21(25)27-12-18-16-9-5-3-7-14(16)15-8-4-6-10-17(15)18/h1,3-10,18-19H,11-13H2,(H,22,25)(H,23,24)/t19-/m0/s1. The fraction of sp³-hybridized carbons (Fsp3) is 0.238. The van der Waals surface area contributed by atoms with Crippen molar-refractivity contribution in [3.8, 4) is 23.5 Å². The average molecular weight is 365 g/mol. The molecule has 3 rings (SSSR count). The van der Waals surface area contributed by atoms with Gasteiger partial charge in [0, 0.05) is 5.92 Å². The molecule has 2 aromatic rings. The summed E-state index contributed by atoms with van der Waals surface area (Å²) < 4.78 is 10.3. The number of fused-ring (bicyclic) bond motifs is 3. The lowest BCUT2D eigenvalue weighted by molar-refractivity contribution is -0.140. The summed E-state index contributed by atoms with van der Waals surface area (Å²) >= 11 is 0. The van der Waals surface area contributed by atoms with E-state index < -0.39 is 18.1 Å². The summed E-state index contributed by atoms with van der Waals surface area (Å²) in [5.41, 5.74) is 4.40. The lowest BCUT2D eigenvalue weighted by Crippen LogP contribution is -2.44. The Hall–Kier alpha value is -3.30. The van der Waals surface area contributed by atoms with E-state index in [1.807, 2.05) is 48.5 Å². The fourth-order valence-corrected chi connectivity index (χ4v) is 3.19. The van der Waals surface area contributed by atoms with Crippen LogP contribution in [0.4, 0.5) is 4.79 Å². The van der Waals surface area contributed by atoms with Gasteiger partial charge >= 0.3 is 12.1 Å². The topological polar surface area (TPSA) is 84.9 Å². The maximum Gasteiger partial charge on any atom is 0.407 e. The molecule has 6 heteroatoms. The summed E-state index contributed by atoms with van der Waals surface area (Å²) in [6.45, 7) is -0.155. The normalized spacial score (nSPS) is 13.1. The fourth-order valence-electron chi connectivity index (χ4n) is 3.19. The second-order valence-electron chi connectivity index (χ2n) is 6.08. The number of hydrogen-bond acceptors (Lipinski definition) is 4. The molecule has 1 atom stereocenters. The number of rotatable bonds is 7. The molecular formula is C21H19NO5. The number of carboxylic acid groups (broad SMARTS) is 1. The van der Waals surface area contributed by atoms with Crippen molar-refractivity contribution >= 4 is 12.1 Å². The third kappa shape index (κ3) is 4.10. The predicted molar refractivity (Wildman–Crippen MR) is 99.3 cm³/mol. The smallest absolute Gasteiger partial charge is 0.407 e. The maximum atomic E-state index is 12.1. The lowest BCUT2D eigenvalue weighted by Gasteiger charge is -2.17. The van der Waals surface area contributed by atoms with Gasteiger partial charge in [0.25, 0.3) is 0 Å². The van der Waals surface area contributed by atoms with Crippen LogP contribution in [0.2, 0.25) is 0 Å². The van der Waals surface area contributed by atoms with Crippen molar-refractivity contribution < 1.29 is 24.2 Å². The number of nitrogens with one attached hydrogen (secondary N) is 1. The Bertz CT molecular complexity index is 841. The third-order valence-electron chi connectivity index (χ3n) is 4.40. The van der Waals surface area contributed by atoms with Gasteiger partial charge in [0.1, 0.15) is 13.2 Å². The molecule has 0 heterocycles. The molecule has 1 aliphatic carbocycles. The Balaban J connectivity index is 1.65. The quantitative estimate of drug-likeness (QED) is 0.582. The van der Waals surface area contributed by atoms with Gasteiger partial charge in [0.2, 0.25) is 0 Å². The molecule has 1 aliphatic rings. The average Bonchev–Trinajstić information content (AvgIpc) is 2.99. The van der Waals surface area contributed by atoms with Crippen LogP contribution in [0.25, 0.3) is 11.1 Å². The first kappa shape index (κ1) is 18.5. The van der Waals surface area contributed by atoms with E-state index >= 15 is 0 Å². The summed E-state index contributed by atoms with van der Waals surface area (Å²) in [7, 11) is 0. The lowest BCUT2D eigenvalue weighted by atomic mass is 9.98. The van der Waals surface area contributed by atoms with Gasteiger partial charge in [-0.05, 0) is 22.3 Å². The number of carbonyl (C=O) groups is 2. The first-order valence-corrected chi connectivity index (χ1v) is 8.47. The molecule has 0 unspecified atom stereocenters. The van der Waals surface area contributed by atoms with Crippen molar-refractivity contribution in [3.63, 3.8) is 0 Å².